The molecular weight excluding hydrogens is 513 g/mol. The standard InChI is InChI=1S/C22H18F9NO4/c1-9(2)12-5-4-11(6-10(12)3)36-8-15(33)32-14-7-13(20(23,24)25)17(21(26,27)28)16(19(34)35)18(14)22(29,30)31/h4-7,9H,8H2,1-3H3,(H,32,33)(H,34,35). The molecule has 2 aromatic rings. The van der Waals surface area contributed by atoms with Crippen LogP contribution in [0.25, 0.3) is 0 Å². The van der Waals surface area contributed by atoms with E-state index in [-0.39, 0.29) is 11.7 Å². The van der Waals surface area contributed by atoms with Crippen molar-refractivity contribution in [2.45, 2.75) is 45.2 Å². The van der Waals surface area contributed by atoms with E-state index < -0.39 is 71.0 Å². The van der Waals surface area contributed by atoms with Gasteiger partial charge in [-0.25, -0.2) is 4.79 Å². The molecule has 1 amide bonds. The highest BCUT2D eigenvalue weighted by atomic mass is 19.4. The molecule has 0 saturated carbocycles. The molecule has 0 spiro atoms. The predicted octanol–water partition coefficient (Wildman–Crippen LogP) is 6.89. The summed E-state index contributed by atoms with van der Waals surface area (Å²) in [4.78, 5) is 23.6. The van der Waals surface area contributed by atoms with Crippen molar-refractivity contribution in [1.29, 1.82) is 0 Å². The Morgan fingerprint density at radius 3 is 1.89 bits per heavy atom. The Balaban J connectivity index is 2.56. The maximum atomic E-state index is 13.6. The fraction of sp³-hybridized carbons (Fsp3) is 0.364. The fourth-order valence-corrected chi connectivity index (χ4v) is 3.53. The minimum absolute atomic E-state index is 0.0812. The lowest BCUT2D eigenvalue weighted by atomic mass is 9.92. The Hall–Kier alpha value is -3.45. The number of aryl methyl sites for hydroxylation is 1. The van der Waals surface area contributed by atoms with E-state index in [9.17, 15) is 49.1 Å². The number of rotatable bonds is 6. The van der Waals surface area contributed by atoms with Gasteiger partial charge in [-0.2, -0.15) is 39.5 Å². The zero-order valence-corrected chi connectivity index (χ0v) is 18.7. The van der Waals surface area contributed by atoms with Crippen LogP contribution in [0.3, 0.4) is 0 Å². The monoisotopic (exact) mass is 531 g/mol. The number of hydrogen-bond acceptors (Lipinski definition) is 3. The molecule has 2 N–H and O–H groups in total. The molecule has 2 rings (SSSR count). The van der Waals surface area contributed by atoms with Crippen LogP contribution in [0, 0.1) is 6.92 Å². The average molecular weight is 531 g/mol. The first-order valence-corrected chi connectivity index (χ1v) is 9.94. The van der Waals surface area contributed by atoms with Crippen LogP contribution >= 0.6 is 0 Å². The predicted molar refractivity (Wildman–Crippen MR) is 108 cm³/mol. The molecule has 0 unspecified atom stereocenters. The van der Waals surface area contributed by atoms with Crippen LogP contribution in [0.15, 0.2) is 24.3 Å². The summed E-state index contributed by atoms with van der Waals surface area (Å²) in [5.74, 6) is -4.18. The molecular formula is C22H18F9NO4. The highest BCUT2D eigenvalue weighted by molar-refractivity contribution is 5.98. The van der Waals surface area contributed by atoms with Gasteiger partial charge >= 0.3 is 24.5 Å². The number of ether oxygens (including phenoxy) is 1. The van der Waals surface area contributed by atoms with Gasteiger partial charge in [-0.1, -0.05) is 19.9 Å². The number of nitrogens with one attached hydrogen (secondary N) is 1. The molecule has 36 heavy (non-hydrogen) atoms. The number of carboxylic acid groups (broad SMARTS) is 1. The average Bonchev–Trinajstić information content (AvgIpc) is 2.68. The normalized spacial score (nSPS) is 12.6. The maximum absolute atomic E-state index is 13.6. The van der Waals surface area contributed by atoms with E-state index in [0.717, 1.165) is 11.1 Å². The third kappa shape index (κ3) is 6.40. The van der Waals surface area contributed by atoms with Gasteiger partial charge in [0, 0.05) is 0 Å². The van der Waals surface area contributed by atoms with Gasteiger partial charge < -0.3 is 15.2 Å². The molecule has 0 aliphatic rings. The van der Waals surface area contributed by atoms with Gasteiger partial charge in [0.2, 0.25) is 0 Å². The van der Waals surface area contributed by atoms with Crippen molar-refractivity contribution in [2.24, 2.45) is 0 Å². The second kappa shape index (κ2) is 9.90. The van der Waals surface area contributed by atoms with Crippen molar-refractivity contribution in [3.05, 3.63) is 57.6 Å². The summed E-state index contributed by atoms with van der Waals surface area (Å²) in [6.07, 6.45) is -17.9. The molecule has 0 heterocycles. The quantitative estimate of drug-likeness (QED) is 0.398. The van der Waals surface area contributed by atoms with Crippen LogP contribution in [0.5, 0.6) is 5.75 Å². The van der Waals surface area contributed by atoms with Gasteiger partial charge in [-0.3, -0.25) is 4.79 Å². The van der Waals surface area contributed by atoms with Crippen molar-refractivity contribution in [1.82, 2.24) is 0 Å². The first kappa shape index (κ1) is 28.8. The molecule has 5 nitrogen and oxygen atoms in total. The molecule has 0 aliphatic heterocycles. The number of amides is 1. The van der Waals surface area contributed by atoms with Crippen LogP contribution in [0.2, 0.25) is 0 Å². The lowest BCUT2D eigenvalue weighted by Crippen LogP contribution is -2.29. The highest BCUT2D eigenvalue weighted by Crippen LogP contribution is 2.49. The minimum Gasteiger partial charge on any atom is -0.484 e. The summed E-state index contributed by atoms with van der Waals surface area (Å²) in [6.45, 7) is 4.48. The summed E-state index contributed by atoms with van der Waals surface area (Å²) in [5, 5.41) is 10.5. The van der Waals surface area contributed by atoms with Crippen molar-refractivity contribution in [3.8, 4) is 5.75 Å². The number of carbonyl (C=O) groups excluding carboxylic acids is 1. The summed E-state index contributed by atoms with van der Waals surface area (Å²) in [5.41, 5.74) is -11.2. The van der Waals surface area contributed by atoms with Crippen LogP contribution in [0.4, 0.5) is 45.2 Å². The van der Waals surface area contributed by atoms with Gasteiger partial charge in [0.1, 0.15) is 5.75 Å². The lowest BCUT2D eigenvalue weighted by Gasteiger charge is -2.24. The van der Waals surface area contributed by atoms with E-state index in [1.54, 1.807) is 13.0 Å². The molecule has 0 aromatic heterocycles. The Morgan fingerprint density at radius 2 is 1.47 bits per heavy atom. The lowest BCUT2D eigenvalue weighted by molar-refractivity contribution is -0.163. The summed E-state index contributed by atoms with van der Waals surface area (Å²) in [6, 6.07) is 3.97. The zero-order valence-electron chi connectivity index (χ0n) is 18.7. The Bertz CT molecular complexity index is 1170. The van der Waals surface area contributed by atoms with Gasteiger partial charge in [-0.05, 0) is 42.2 Å². The SMILES string of the molecule is Cc1cc(OCC(=O)Nc2cc(C(F)(F)F)c(C(F)(F)F)c(C(=O)O)c2C(F)(F)F)ccc1C(C)C. The van der Waals surface area contributed by atoms with Gasteiger partial charge in [-0.15, -0.1) is 0 Å². The molecule has 2 aromatic carbocycles. The third-order valence-corrected chi connectivity index (χ3v) is 4.92. The van der Waals surface area contributed by atoms with Crippen LogP contribution in [-0.4, -0.2) is 23.6 Å². The van der Waals surface area contributed by atoms with Gasteiger partial charge in [0.25, 0.3) is 5.91 Å². The first-order valence-electron chi connectivity index (χ1n) is 9.94. The second-order valence-electron chi connectivity index (χ2n) is 7.91. The van der Waals surface area contributed by atoms with E-state index in [4.69, 9.17) is 9.84 Å². The fourth-order valence-electron chi connectivity index (χ4n) is 3.53. The largest absolute Gasteiger partial charge is 0.484 e. The van der Waals surface area contributed by atoms with E-state index in [1.165, 1.54) is 17.4 Å². The maximum Gasteiger partial charge on any atom is 0.419 e. The van der Waals surface area contributed by atoms with Crippen molar-refractivity contribution >= 4 is 17.6 Å². The smallest absolute Gasteiger partial charge is 0.419 e. The zero-order chi connectivity index (χ0) is 27.8. The summed E-state index contributed by atoms with van der Waals surface area (Å²) >= 11 is 0. The topological polar surface area (TPSA) is 75.6 Å². The van der Waals surface area contributed by atoms with Crippen LogP contribution in [-0.2, 0) is 23.3 Å². The number of benzene rings is 2. The van der Waals surface area contributed by atoms with E-state index in [0.29, 0.717) is 0 Å². The molecule has 0 fully saturated rings. The van der Waals surface area contributed by atoms with Crippen LogP contribution < -0.4 is 10.1 Å². The molecule has 198 valence electrons. The molecule has 0 saturated heterocycles. The number of carboxylic acids is 1. The summed E-state index contributed by atoms with van der Waals surface area (Å²) < 4.78 is 126. The van der Waals surface area contributed by atoms with Crippen molar-refractivity contribution < 1.29 is 58.9 Å². The number of aromatic carboxylic acids is 1. The molecule has 0 bridgehead atoms. The van der Waals surface area contributed by atoms with Crippen molar-refractivity contribution in [2.75, 3.05) is 11.9 Å². The third-order valence-electron chi connectivity index (χ3n) is 4.92. The Labute approximate surface area is 197 Å². The molecule has 0 aliphatic carbocycles. The van der Waals surface area contributed by atoms with E-state index in [1.807, 2.05) is 13.8 Å². The number of anilines is 1. The van der Waals surface area contributed by atoms with E-state index >= 15 is 0 Å². The number of carbonyl (C=O) groups is 2. The van der Waals surface area contributed by atoms with E-state index in [2.05, 4.69) is 0 Å². The van der Waals surface area contributed by atoms with Crippen molar-refractivity contribution in [3.63, 3.8) is 0 Å². The highest BCUT2D eigenvalue weighted by Gasteiger charge is 2.51. The minimum atomic E-state index is -6.12. The van der Waals surface area contributed by atoms with Gasteiger partial charge in [0.05, 0.1) is 27.9 Å². The summed E-state index contributed by atoms with van der Waals surface area (Å²) in [7, 11) is 0. The van der Waals surface area contributed by atoms with Gasteiger partial charge in [0.15, 0.2) is 6.61 Å². The Kier molecular flexibility index (Phi) is 7.91. The Morgan fingerprint density at radius 1 is 0.917 bits per heavy atom. The van der Waals surface area contributed by atoms with Crippen LogP contribution in [0.1, 0.15) is 57.9 Å². The molecule has 14 heteroatoms. The number of hydrogen-bond donors (Lipinski definition) is 2. The molecule has 0 radical (unpaired) electrons. The number of alkyl halides is 9. The molecule has 0 atom stereocenters. The number of halogens is 9. The second-order valence-corrected chi connectivity index (χ2v) is 7.91. The first-order chi connectivity index (χ1) is 16.2.